The number of primary amides is 1. The second kappa shape index (κ2) is 9.71. The molecular formula is C22H23FN4O. The van der Waals surface area contributed by atoms with Crippen molar-refractivity contribution in [1.82, 2.24) is 15.3 Å². The Labute approximate surface area is 163 Å². The Bertz CT molecular complexity index is 917. The summed E-state index contributed by atoms with van der Waals surface area (Å²) in [6, 6.07) is 11.3. The molecule has 3 aromatic rings. The third kappa shape index (κ3) is 5.20. The van der Waals surface area contributed by atoms with Crippen LogP contribution in [0.2, 0.25) is 0 Å². The summed E-state index contributed by atoms with van der Waals surface area (Å²) in [5, 5.41) is 3.08. The van der Waals surface area contributed by atoms with Crippen LogP contribution in [-0.2, 0) is 24.1 Å². The highest BCUT2D eigenvalue weighted by Gasteiger charge is 2.20. The van der Waals surface area contributed by atoms with E-state index < -0.39 is 17.8 Å². The van der Waals surface area contributed by atoms with Crippen molar-refractivity contribution >= 4 is 5.91 Å². The van der Waals surface area contributed by atoms with Crippen molar-refractivity contribution in [2.75, 3.05) is 6.54 Å². The minimum atomic E-state index is -0.858. The molecule has 1 unspecified atom stereocenters. The van der Waals surface area contributed by atoms with Crippen molar-refractivity contribution in [3.05, 3.63) is 95.3 Å². The summed E-state index contributed by atoms with van der Waals surface area (Å²) < 4.78 is 14.0. The van der Waals surface area contributed by atoms with Crippen LogP contribution in [0, 0.1) is 5.82 Å². The van der Waals surface area contributed by atoms with Gasteiger partial charge in [-0.2, -0.15) is 0 Å². The van der Waals surface area contributed by atoms with Gasteiger partial charge in [0, 0.05) is 36.9 Å². The van der Waals surface area contributed by atoms with Gasteiger partial charge in [0.15, 0.2) is 0 Å². The summed E-state index contributed by atoms with van der Waals surface area (Å²) in [6.45, 7) is 0.494. The number of nitrogens with zero attached hydrogens (tertiary/aromatic N) is 2. The van der Waals surface area contributed by atoms with E-state index in [9.17, 15) is 9.18 Å². The molecule has 0 spiro atoms. The Morgan fingerprint density at radius 1 is 0.964 bits per heavy atom. The third-order valence-corrected chi connectivity index (χ3v) is 4.68. The lowest BCUT2D eigenvalue weighted by atomic mass is 10.00. The van der Waals surface area contributed by atoms with E-state index >= 15 is 0 Å². The molecule has 6 heteroatoms. The van der Waals surface area contributed by atoms with Gasteiger partial charge in [0.1, 0.15) is 11.9 Å². The molecule has 0 saturated heterocycles. The van der Waals surface area contributed by atoms with Crippen molar-refractivity contribution < 1.29 is 9.18 Å². The fourth-order valence-corrected chi connectivity index (χ4v) is 3.18. The second-order valence-electron chi connectivity index (χ2n) is 6.56. The smallest absolute Gasteiger partial charge is 0.239 e. The van der Waals surface area contributed by atoms with Gasteiger partial charge >= 0.3 is 0 Å². The predicted molar refractivity (Wildman–Crippen MR) is 106 cm³/mol. The zero-order valence-electron chi connectivity index (χ0n) is 15.5. The van der Waals surface area contributed by atoms with E-state index in [2.05, 4.69) is 15.3 Å². The van der Waals surface area contributed by atoms with E-state index in [1.54, 1.807) is 36.8 Å². The van der Waals surface area contributed by atoms with Gasteiger partial charge in [-0.1, -0.05) is 18.2 Å². The number of halogens is 1. The number of rotatable bonds is 9. The van der Waals surface area contributed by atoms with Crippen molar-refractivity contribution in [2.45, 2.75) is 25.3 Å². The van der Waals surface area contributed by atoms with Crippen LogP contribution in [0.25, 0.3) is 0 Å². The highest BCUT2D eigenvalue weighted by molar-refractivity contribution is 5.81. The number of aryl methyl sites for hydroxylation is 2. The molecule has 0 aliphatic heterocycles. The molecule has 0 saturated carbocycles. The van der Waals surface area contributed by atoms with Crippen molar-refractivity contribution in [3.8, 4) is 0 Å². The number of carbonyl (C=O) groups excluding carboxylic acids is 1. The van der Waals surface area contributed by atoms with Crippen LogP contribution in [0.15, 0.2) is 67.3 Å². The number of amides is 1. The fourth-order valence-electron chi connectivity index (χ4n) is 3.18. The molecule has 0 aliphatic carbocycles. The van der Waals surface area contributed by atoms with Crippen molar-refractivity contribution in [2.24, 2.45) is 5.73 Å². The summed E-state index contributed by atoms with van der Waals surface area (Å²) in [6.07, 6.45) is 9.65. The van der Waals surface area contributed by atoms with Gasteiger partial charge in [0.25, 0.3) is 0 Å². The van der Waals surface area contributed by atoms with Crippen LogP contribution in [-0.4, -0.2) is 22.4 Å². The Kier molecular flexibility index (Phi) is 6.81. The zero-order chi connectivity index (χ0) is 19.8. The largest absolute Gasteiger partial charge is 0.368 e. The van der Waals surface area contributed by atoms with Gasteiger partial charge in [-0.05, 0) is 60.2 Å². The minimum absolute atomic E-state index is 0.266. The third-order valence-electron chi connectivity index (χ3n) is 4.68. The van der Waals surface area contributed by atoms with Gasteiger partial charge in [-0.25, -0.2) is 4.39 Å². The Hall–Kier alpha value is -3.12. The molecule has 1 aromatic carbocycles. The zero-order valence-corrected chi connectivity index (χ0v) is 15.5. The molecule has 144 valence electrons. The molecule has 3 rings (SSSR count). The maximum atomic E-state index is 14.0. The molecule has 2 aromatic heterocycles. The van der Waals surface area contributed by atoms with E-state index in [4.69, 9.17) is 5.73 Å². The van der Waals surface area contributed by atoms with Crippen molar-refractivity contribution in [3.63, 3.8) is 0 Å². The Morgan fingerprint density at radius 2 is 1.71 bits per heavy atom. The maximum Gasteiger partial charge on any atom is 0.239 e. The molecule has 0 radical (unpaired) electrons. The number of pyridine rings is 2. The first-order chi connectivity index (χ1) is 13.6. The molecular weight excluding hydrogens is 355 g/mol. The summed E-state index contributed by atoms with van der Waals surface area (Å²) in [4.78, 5) is 20.1. The lowest BCUT2D eigenvalue weighted by Crippen LogP contribution is -2.35. The molecule has 28 heavy (non-hydrogen) atoms. The molecule has 0 bridgehead atoms. The van der Waals surface area contributed by atoms with Crippen LogP contribution >= 0.6 is 0 Å². The number of hydrogen-bond acceptors (Lipinski definition) is 4. The Morgan fingerprint density at radius 3 is 2.46 bits per heavy atom. The van der Waals surface area contributed by atoms with E-state index in [1.807, 2.05) is 24.4 Å². The second-order valence-corrected chi connectivity index (χ2v) is 6.56. The van der Waals surface area contributed by atoms with Crippen LogP contribution in [0.1, 0.15) is 28.3 Å². The number of nitrogens with one attached hydrogen (secondary N) is 1. The van der Waals surface area contributed by atoms with Gasteiger partial charge in [0.2, 0.25) is 5.91 Å². The molecule has 1 amide bonds. The number of carbonyl (C=O) groups is 1. The first kappa shape index (κ1) is 19.6. The van der Waals surface area contributed by atoms with Gasteiger partial charge in [-0.3, -0.25) is 14.8 Å². The van der Waals surface area contributed by atoms with Crippen LogP contribution in [0.5, 0.6) is 0 Å². The van der Waals surface area contributed by atoms with E-state index in [1.165, 1.54) is 11.6 Å². The average molecular weight is 378 g/mol. The number of nitrogens with two attached hydrogens (primary N) is 1. The maximum absolute atomic E-state index is 14.0. The molecule has 0 fully saturated rings. The van der Waals surface area contributed by atoms with E-state index in [0.29, 0.717) is 13.0 Å². The van der Waals surface area contributed by atoms with Crippen molar-refractivity contribution in [1.29, 1.82) is 0 Å². The molecule has 3 N–H and O–H groups in total. The molecule has 0 aliphatic rings. The fraction of sp³-hybridized carbons (Fsp3) is 0.227. The van der Waals surface area contributed by atoms with E-state index in [0.717, 1.165) is 24.0 Å². The normalized spacial score (nSPS) is 11.9. The van der Waals surface area contributed by atoms with Crippen LogP contribution < -0.4 is 11.1 Å². The van der Waals surface area contributed by atoms with Gasteiger partial charge in [0.05, 0.1) is 0 Å². The summed E-state index contributed by atoms with van der Waals surface area (Å²) in [5.74, 6) is -1.04. The highest BCUT2D eigenvalue weighted by Crippen LogP contribution is 2.17. The van der Waals surface area contributed by atoms with Gasteiger partial charge < -0.3 is 11.1 Å². The van der Waals surface area contributed by atoms with Crippen LogP contribution in [0.3, 0.4) is 0 Å². The molecule has 1 atom stereocenters. The lowest BCUT2D eigenvalue weighted by Gasteiger charge is -2.17. The molecule has 5 nitrogen and oxygen atoms in total. The quantitative estimate of drug-likeness (QED) is 0.600. The summed E-state index contributed by atoms with van der Waals surface area (Å²) >= 11 is 0. The monoisotopic (exact) mass is 378 g/mol. The predicted octanol–water partition coefficient (Wildman–Crippen LogP) is 2.76. The SMILES string of the molecule is NC(=O)C(NCCc1ccncc1CCc1ccncc1)c1ccccc1F. The van der Waals surface area contributed by atoms with Crippen LogP contribution in [0.4, 0.5) is 4.39 Å². The summed E-state index contributed by atoms with van der Waals surface area (Å²) in [5.41, 5.74) is 9.26. The highest BCUT2D eigenvalue weighted by atomic mass is 19.1. The van der Waals surface area contributed by atoms with E-state index in [-0.39, 0.29) is 5.56 Å². The first-order valence-corrected chi connectivity index (χ1v) is 9.23. The lowest BCUT2D eigenvalue weighted by molar-refractivity contribution is -0.120. The topological polar surface area (TPSA) is 80.9 Å². The number of benzene rings is 1. The number of hydrogen-bond donors (Lipinski definition) is 2. The average Bonchev–Trinajstić information content (AvgIpc) is 2.72. The first-order valence-electron chi connectivity index (χ1n) is 9.23. The Balaban J connectivity index is 1.62. The standard InChI is InChI=1S/C22H23FN4O/c23-20-4-2-1-3-19(20)21(22(24)28)27-14-10-17-9-13-26-15-18(17)6-5-16-7-11-25-12-8-16/h1-4,7-9,11-13,15,21,27H,5-6,10,14H2,(H2,24,28). The summed E-state index contributed by atoms with van der Waals surface area (Å²) in [7, 11) is 0. The van der Waals surface area contributed by atoms with Gasteiger partial charge in [-0.15, -0.1) is 0 Å². The minimum Gasteiger partial charge on any atom is -0.368 e. The molecule has 2 heterocycles. The number of aromatic nitrogens is 2.